The van der Waals surface area contributed by atoms with Gasteiger partial charge in [-0.1, -0.05) is 15.9 Å². The summed E-state index contributed by atoms with van der Waals surface area (Å²) in [5, 5.41) is 14.3. The third-order valence-corrected chi connectivity index (χ3v) is 3.62. The maximum absolute atomic E-state index is 13.0. The quantitative estimate of drug-likeness (QED) is 0.701. The molecule has 0 aliphatic rings. The van der Waals surface area contributed by atoms with Crippen molar-refractivity contribution in [3.8, 4) is 0 Å². The fourth-order valence-electron chi connectivity index (χ4n) is 2.14. The van der Waals surface area contributed by atoms with Crippen LogP contribution >= 0.6 is 15.9 Å². The van der Waals surface area contributed by atoms with E-state index >= 15 is 0 Å². The number of anilines is 3. The van der Waals surface area contributed by atoms with E-state index in [4.69, 9.17) is 5.11 Å². The van der Waals surface area contributed by atoms with E-state index < -0.39 is 11.9 Å². The molecule has 24 heavy (non-hydrogen) atoms. The Labute approximate surface area is 145 Å². The minimum Gasteiger partial charge on any atom is -0.395 e. The summed E-state index contributed by atoms with van der Waals surface area (Å²) in [4.78, 5) is 7.47. The lowest BCUT2D eigenvalue weighted by Crippen LogP contribution is -2.15. The molecule has 1 aromatic heterocycles. The van der Waals surface area contributed by atoms with Crippen LogP contribution in [0.5, 0.6) is 0 Å². The third kappa shape index (κ3) is 4.57. The number of benzene rings is 1. The van der Waals surface area contributed by atoms with Gasteiger partial charge in [0.2, 0.25) is 5.95 Å². The lowest BCUT2D eigenvalue weighted by Gasteiger charge is -2.15. The summed E-state index contributed by atoms with van der Waals surface area (Å²) in [6.45, 7) is 3.50. The summed E-state index contributed by atoms with van der Waals surface area (Å²) in [6, 6.07) is 4.56. The molecule has 0 spiro atoms. The van der Waals surface area contributed by atoms with Gasteiger partial charge in [-0.15, -0.1) is 0 Å². The highest BCUT2D eigenvalue weighted by Crippen LogP contribution is 2.32. The maximum Gasteiger partial charge on any atom is 0.433 e. The number of nitrogens with one attached hydrogen (secondary N) is 2. The largest absolute Gasteiger partial charge is 0.433 e. The highest BCUT2D eigenvalue weighted by atomic mass is 79.9. The summed E-state index contributed by atoms with van der Waals surface area (Å²) in [5.41, 5.74) is 1.34. The lowest BCUT2D eigenvalue weighted by atomic mass is 10.1. The van der Waals surface area contributed by atoms with Crippen LogP contribution in [0.3, 0.4) is 0 Å². The number of aliphatic hydroxyl groups is 1. The molecule has 0 saturated heterocycles. The summed E-state index contributed by atoms with van der Waals surface area (Å²) < 4.78 is 39.9. The average Bonchev–Trinajstić information content (AvgIpc) is 2.47. The summed E-state index contributed by atoms with van der Waals surface area (Å²) in [6.07, 6.45) is -4.60. The number of hydrogen-bond acceptors (Lipinski definition) is 5. The first-order valence-corrected chi connectivity index (χ1v) is 7.85. The van der Waals surface area contributed by atoms with Crippen molar-refractivity contribution in [2.75, 3.05) is 23.8 Å². The first-order chi connectivity index (χ1) is 11.2. The van der Waals surface area contributed by atoms with Crippen LogP contribution in [0.25, 0.3) is 0 Å². The molecule has 0 fully saturated rings. The first kappa shape index (κ1) is 18.5. The van der Waals surface area contributed by atoms with Crippen LogP contribution in [0, 0.1) is 13.8 Å². The Morgan fingerprint density at radius 1 is 1.12 bits per heavy atom. The zero-order valence-electron chi connectivity index (χ0n) is 13.0. The molecule has 1 heterocycles. The van der Waals surface area contributed by atoms with Gasteiger partial charge in [0.05, 0.1) is 6.61 Å². The van der Waals surface area contributed by atoms with Crippen LogP contribution in [0.15, 0.2) is 22.7 Å². The van der Waals surface area contributed by atoms with Crippen molar-refractivity contribution in [1.82, 2.24) is 9.97 Å². The van der Waals surface area contributed by atoms with E-state index in [9.17, 15) is 13.2 Å². The van der Waals surface area contributed by atoms with Gasteiger partial charge in [0.15, 0.2) is 5.69 Å². The van der Waals surface area contributed by atoms with Crippen LogP contribution in [0.4, 0.5) is 30.6 Å². The Hall–Kier alpha value is -1.87. The number of aliphatic hydroxyl groups excluding tert-OH is 1. The number of rotatable bonds is 5. The molecule has 130 valence electrons. The predicted octanol–water partition coefficient (Wildman–Crippen LogP) is 4.02. The molecule has 0 saturated carbocycles. The number of aromatic nitrogens is 2. The van der Waals surface area contributed by atoms with E-state index in [1.54, 1.807) is 0 Å². The van der Waals surface area contributed by atoms with Gasteiger partial charge >= 0.3 is 6.18 Å². The van der Waals surface area contributed by atoms with Crippen molar-refractivity contribution in [2.45, 2.75) is 20.0 Å². The minimum absolute atomic E-state index is 0.0197. The number of hydrogen-bond donors (Lipinski definition) is 3. The summed E-state index contributed by atoms with van der Waals surface area (Å²) >= 11 is 3.37. The normalized spacial score (nSPS) is 11.5. The van der Waals surface area contributed by atoms with Gasteiger partial charge in [0, 0.05) is 22.8 Å². The van der Waals surface area contributed by atoms with Gasteiger partial charge in [-0.05, 0) is 37.1 Å². The average molecular weight is 405 g/mol. The van der Waals surface area contributed by atoms with Gasteiger partial charge < -0.3 is 15.7 Å². The van der Waals surface area contributed by atoms with Gasteiger partial charge in [-0.25, -0.2) is 4.98 Å². The SMILES string of the molecule is Cc1cc(Br)cc(C)c1Nc1cc(C(F)(F)F)nc(NCCO)n1. The van der Waals surface area contributed by atoms with Crippen molar-refractivity contribution in [2.24, 2.45) is 0 Å². The van der Waals surface area contributed by atoms with E-state index in [-0.39, 0.29) is 24.9 Å². The first-order valence-electron chi connectivity index (χ1n) is 7.05. The fourth-order valence-corrected chi connectivity index (χ4v) is 2.83. The zero-order valence-corrected chi connectivity index (χ0v) is 14.6. The van der Waals surface area contributed by atoms with Crippen LogP contribution in [-0.2, 0) is 6.18 Å². The fraction of sp³-hybridized carbons (Fsp3) is 0.333. The second kappa shape index (κ2) is 7.35. The third-order valence-electron chi connectivity index (χ3n) is 3.16. The van der Waals surface area contributed by atoms with E-state index in [1.165, 1.54) is 0 Å². The predicted molar refractivity (Wildman–Crippen MR) is 89.5 cm³/mol. The molecule has 0 atom stereocenters. The Morgan fingerprint density at radius 2 is 1.75 bits per heavy atom. The minimum atomic E-state index is -4.60. The molecular formula is C15H16BrF3N4O. The Morgan fingerprint density at radius 3 is 2.29 bits per heavy atom. The standard InChI is InChI=1S/C15H16BrF3N4O/c1-8-5-10(16)6-9(2)13(8)22-12-7-11(15(17,18)19)21-14(23-12)20-3-4-24/h5-7,24H,3-4H2,1-2H3,(H2,20,21,22,23). The topological polar surface area (TPSA) is 70.1 Å². The zero-order chi connectivity index (χ0) is 17.9. The number of nitrogens with zero attached hydrogens (tertiary/aromatic N) is 2. The smallest absolute Gasteiger partial charge is 0.395 e. The van der Waals surface area contributed by atoms with Crippen molar-refractivity contribution in [1.29, 1.82) is 0 Å². The van der Waals surface area contributed by atoms with Gasteiger partial charge in [0.1, 0.15) is 5.82 Å². The van der Waals surface area contributed by atoms with E-state index in [2.05, 4.69) is 36.5 Å². The number of alkyl halides is 3. The monoisotopic (exact) mass is 404 g/mol. The second-order valence-corrected chi connectivity index (χ2v) is 6.07. The van der Waals surface area contributed by atoms with Crippen LogP contribution in [0.2, 0.25) is 0 Å². The molecule has 0 unspecified atom stereocenters. The van der Waals surface area contributed by atoms with E-state index in [0.717, 1.165) is 21.7 Å². The summed E-state index contributed by atoms with van der Waals surface area (Å²) in [7, 11) is 0. The van der Waals surface area contributed by atoms with Crippen molar-refractivity contribution < 1.29 is 18.3 Å². The van der Waals surface area contributed by atoms with Gasteiger partial charge in [0.25, 0.3) is 0 Å². The van der Waals surface area contributed by atoms with Crippen LogP contribution in [0.1, 0.15) is 16.8 Å². The molecule has 2 rings (SSSR count). The molecular weight excluding hydrogens is 389 g/mol. The highest BCUT2D eigenvalue weighted by Gasteiger charge is 2.33. The molecule has 0 amide bonds. The lowest BCUT2D eigenvalue weighted by molar-refractivity contribution is -0.141. The Balaban J connectivity index is 2.42. The van der Waals surface area contributed by atoms with E-state index in [0.29, 0.717) is 5.69 Å². The molecule has 0 aliphatic carbocycles. The maximum atomic E-state index is 13.0. The molecule has 5 nitrogen and oxygen atoms in total. The molecule has 0 bridgehead atoms. The van der Waals surface area contributed by atoms with Gasteiger partial charge in [-0.2, -0.15) is 18.2 Å². The molecule has 0 aliphatic heterocycles. The van der Waals surface area contributed by atoms with E-state index in [1.807, 2.05) is 26.0 Å². The molecule has 2 aromatic rings. The van der Waals surface area contributed by atoms with Gasteiger partial charge in [-0.3, -0.25) is 0 Å². The Bertz CT molecular complexity index is 714. The van der Waals surface area contributed by atoms with Crippen LogP contribution < -0.4 is 10.6 Å². The number of halogens is 4. The van der Waals surface area contributed by atoms with Crippen molar-refractivity contribution >= 4 is 33.4 Å². The van der Waals surface area contributed by atoms with Crippen LogP contribution in [-0.4, -0.2) is 28.2 Å². The second-order valence-electron chi connectivity index (χ2n) is 5.15. The van der Waals surface area contributed by atoms with Crippen molar-refractivity contribution in [3.63, 3.8) is 0 Å². The molecule has 1 aromatic carbocycles. The summed E-state index contributed by atoms with van der Waals surface area (Å²) in [5.74, 6) is -0.180. The number of aryl methyl sites for hydroxylation is 2. The molecule has 3 N–H and O–H groups in total. The Kier molecular flexibility index (Phi) is 5.66. The highest BCUT2D eigenvalue weighted by molar-refractivity contribution is 9.10. The van der Waals surface area contributed by atoms with Crippen molar-refractivity contribution in [3.05, 3.63) is 39.5 Å². The molecule has 0 radical (unpaired) electrons. The molecule has 9 heteroatoms.